The summed E-state index contributed by atoms with van der Waals surface area (Å²) >= 11 is 3.82. The Balaban J connectivity index is 2.11. The average molecular weight is 447 g/mol. The molecule has 1 aliphatic heterocycles. The lowest BCUT2D eigenvalue weighted by atomic mass is 9.90. The fraction of sp³-hybridized carbons (Fsp3) is 0.364. The first-order chi connectivity index (χ1) is 14.8. The highest BCUT2D eigenvalue weighted by molar-refractivity contribution is 7.96. The summed E-state index contributed by atoms with van der Waals surface area (Å²) in [4.78, 5) is 49.3. The molecule has 1 amide bonds. The third-order valence-corrected chi connectivity index (χ3v) is 5.17. The van der Waals surface area contributed by atoms with Gasteiger partial charge in [-0.05, 0) is 30.9 Å². The third kappa shape index (κ3) is 6.28. The molecule has 9 heteroatoms. The molecule has 1 saturated heterocycles. The smallest absolute Gasteiger partial charge is 0.340 e. The maximum atomic E-state index is 12.9. The lowest BCUT2D eigenvalue weighted by Crippen LogP contribution is -2.36. The number of hydrogen-bond acceptors (Lipinski definition) is 7. The predicted octanol–water partition coefficient (Wildman–Crippen LogP) is 2.06. The zero-order valence-electron chi connectivity index (χ0n) is 17.3. The fourth-order valence-corrected chi connectivity index (χ4v) is 3.69. The second-order valence-electron chi connectivity index (χ2n) is 7.07. The molecule has 3 atom stereocenters. The van der Waals surface area contributed by atoms with Crippen LogP contribution in [0, 0.1) is 18.8 Å². The highest BCUT2D eigenvalue weighted by Crippen LogP contribution is 2.28. The number of ether oxygens (including phenoxy) is 2. The van der Waals surface area contributed by atoms with Crippen molar-refractivity contribution in [2.75, 3.05) is 25.1 Å². The van der Waals surface area contributed by atoms with E-state index in [4.69, 9.17) is 9.47 Å². The molecule has 0 radical (unpaired) electrons. The van der Waals surface area contributed by atoms with Crippen LogP contribution in [0.3, 0.4) is 0 Å². The minimum Gasteiger partial charge on any atom is -0.461 e. The number of anilines is 1. The van der Waals surface area contributed by atoms with Crippen LogP contribution in [0.2, 0.25) is 0 Å². The van der Waals surface area contributed by atoms with Crippen molar-refractivity contribution in [1.82, 2.24) is 5.32 Å². The molecule has 0 spiro atoms. The summed E-state index contributed by atoms with van der Waals surface area (Å²) in [5.74, 6) is -3.20. The fourth-order valence-electron chi connectivity index (χ4n) is 3.37. The minimum atomic E-state index is -1.09. The minimum absolute atomic E-state index is 0.0154. The van der Waals surface area contributed by atoms with Gasteiger partial charge in [0.2, 0.25) is 5.91 Å². The van der Waals surface area contributed by atoms with Crippen molar-refractivity contribution < 1.29 is 28.7 Å². The van der Waals surface area contributed by atoms with E-state index in [2.05, 4.69) is 36.4 Å². The number of amides is 1. The molecule has 1 aliphatic rings. The molecule has 166 valence electrons. The summed E-state index contributed by atoms with van der Waals surface area (Å²) in [6, 6.07) is 4.35. The van der Waals surface area contributed by atoms with E-state index in [1.54, 1.807) is 25.1 Å². The molecule has 8 nitrogen and oxygen atoms in total. The Morgan fingerprint density at radius 1 is 1.23 bits per heavy atom. The molecule has 1 fully saturated rings. The monoisotopic (exact) mass is 446 g/mol. The number of carbonyl (C=O) groups excluding carboxylic acids is 4. The van der Waals surface area contributed by atoms with Crippen molar-refractivity contribution in [1.29, 1.82) is 0 Å². The average Bonchev–Trinajstić information content (AvgIpc) is 3.21. The zero-order chi connectivity index (χ0) is 23.0. The summed E-state index contributed by atoms with van der Waals surface area (Å²) in [6.07, 6.45) is 3.09. The van der Waals surface area contributed by atoms with Gasteiger partial charge in [0.25, 0.3) is 0 Å². The molecular weight excluding hydrogens is 420 g/mol. The SMILES string of the molecule is C=CCOC(=O)c1cccc(C)c1NC(=O)C1C[C@@H]([C@H](C(=O)S)C(=O)OCC=C)CN1. The number of nitrogens with one attached hydrogen (secondary N) is 2. The molecule has 2 rings (SSSR count). The van der Waals surface area contributed by atoms with E-state index in [0.717, 1.165) is 0 Å². The number of thiol groups is 1. The van der Waals surface area contributed by atoms with Crippen molar-refractivity contribution in [3.05, 3.63) is 54.6 Å². The Bertz CT molecular complexity index is 885. The van der Waals surface area contributed by atoms with Crippen molar-refractivity contribution in [3.63, 3.8) is 0 Å². The largest absolute Gasteiger partial charge is 0.461 e. The molecular formula is C22H26N2O6S. The van der Waals surface area contributed by atoms with Crippen molar-refractivity contribution in [2.45, 2.75) is 19.4 Å². The van der Waals surface area contributed by atoms with Crippen molar-refractivity contribution in [3.8, 4) is 0 Å². The van der Waals surface area contributed by atoms with Crippen LogP contribution in [0.4, 0.5) is 5.69 Å². The molecule has 31 heavy (non-hydrogen) atoms. The van der Waals surface area contributed by atoms with E-state index in [-0.39, 0.29) is 37.6 Å². The van der Waals surface area contributed by atoms with E-state index in [9.17, 15) is 19.2 Å². The Labute approximate surface area is 186 Å². The molecule has 0 aromatic heterocycles. The van der Waals surface area contributed by atoms with Gasteiger partial charge in [-0.1, -0.05) is 37.4 Å². The number of para-hydroxylation sites is 1. The van der Waals surface area contributed by atoms with Gasteiger partial charge in [0.1, 0.15) is 19.1 Å². The summed E-state index contributed by atoms with van der Waals surface area (Å²) in [6.45, 7) is 9.03. The lowest BCUT2D eigenvalue weighted by Gasteiger charge is -2.18. The highest BCUT2D eigenvalue weighted by atomic mass is 32.1. The van der Waals surface area contributed by atoms with Crippen LogP contribution >= 0.6 is 12.6 Å². The van der Waals surface area contributed by atoms with E-state index in [0.29, 0.717) is 11.3 Å². The van der Waals surface area contributed by atoms with Gasteiger partial charge in [0.05, 0.1) is 17.3 Å². The van der Waals surface area contributed by atoms with Crippen LogP contribution in [-0.4, -0.2) is 48.8 Å². The second-order valence-corrected chi connectivity index (χ2v) is 7.51. The van der Waals surface area contributed by atoms with E-state index >= 15 is 0 Å². The van der Waals surface area contributed by atoms with Gasteiger partial charge in [-0.25, -0.2) is 4.79 Å². The van der Waals surface area contributed by atoms with Gasteiger partial charge in [-0.3, -0.25) is 14.4 Å². The van der Waals surface area contributed by atoms with Crippen molar-refractivity contribution >= 4 is 41.3 Å². The molecule has 1 aromatic carbocycles. The first-order valence-corrected chi connectivity index (χ1v) is 10.2. The number of hydrogen-bond donors (Lipinski definition) is 3. The number of rotatable bonds is 10. The topological polar surface area (TPSA) is 111 Å². The third-order valence-electron chi connectivity index (χ3n) is 4.89. The van der Waals surface area contributed by atoms with Crippen LogP contribution in [0.5, 0.6) is 0 Å². The Hall–Kier alpha value is -2.91. The van der Waals surface area contributed by atoms with Crippen molar-refractivity contribution in [2.24, 2.45) is 11.8 Å². The number of carbonyl (C=O) groups is 4. The second kappa shape index (κ2) is 11.5. The van der Waals surface area contributed by atoms with Crippen LogP contribution in [-0.2, 0) is 23.9 Å². The van der Waals surface area contributed by atoms with Crippen LogP contribution < -0.4 is 10.6 Å². The number of esters is 2. The summed E-state index contributed by atoms with van der Waals surface area (Å²) in [5, 5.41) is 5.17. The van der Waals surface area contributed by atoms with E-state index < -0.39 is 34.9 Å². The van der Waals surface area contributed by atoms with Crippen LogP contribution in [0.1, 0.15) is 22.3 Å². The predicted molar refractivity (Wildman–Crippen MR) is 119 cm³/mol. The maximum Gasteiger partial charge on any atom is 0.340 e. The Morgan fingerprint density at radius 2 is 1.90 bits per heavy atom. The molecule has 0 saturated carbocycles. The number of benzene rings is 1. The molecule has 1 aromatic rings. The van der Waals surface area contributed by atoms with Gasteiger partial charge in [-0.2, -0.15) is 0 Å². The normalized spacial score (nSPS) is 18.5. The first-order valence-electron chi connectivity index (χ1n) is 9.72. The number of aryl methyl sites for hydroxylation is 1. The Kier molecular flexibility index (Phi) is 9.02. The molecule has 0 bridgehead atoms. The highest BCUT2D eigenvalue weighted by Gasteiger charge is 2.41. The van der Waals surface area contributed by atoms with Gasteiger partial charge in [0, 0.05) is 6.54 Å². The van der Waals surface area contributed by atoms with Gasteiger partial charge >= 0.3 is 11.9 Å². The molecule has 2 N–H and O–H groups in total. The summed E-state index contributed by atoms with van der Waals surface area (Å²) in [7, 11) is 0. The van der Waals surface area contributed by atoms with Gasteiger partial charge in [-0.15, -0.1) is 12.6 Å². The first kappa shape index (κ1) is 24.4. The zero-order valence-corrected chi connectivity index (χ0v) is 18.2. The quantitative estimate of drug-likeness (QED) is 0.218. The van der Waals surface area contributed by atoms with Gasteiger partial charge in [0.15, 0.2) is 5.12 Å². The molecule has 1 unspecified atom stereocenters. The standard InChI is InChI=1S/C22H26N2O6S/c1-4-9-29-20(26)15-8-6-7-13(3)18(15)24-19(25)16-11-14(12-23-16)17(22(28)31)21(27)30-10-5-2/h4-8,14,16-17,23H,1-2,9-12H2,3H3,(H,24,25)(H,28,31)/t14-,16?,17+/m1/s1. The van der Waals surface area contributed by atoms with Crippen LogP contribution in [0.15, 0.2) is 43.5 Å². The lowest BCUT2D eigenvalue weighted by molar-refractivity contribution is -0.151. The van der Waals surface area contributed by atoms with E-state index in [1.165, 1.54) is 12.2 Å². The van der Waals surface area contributed by atoms with Gasteiger partial charge < -0.3 is 20.1 Å². The summed E-state index contributed by atoms with van der Waals surface area (Å²) in [5.41, 5.74) is 1.26. The molecule has 1 heterocycles. The van der Waals surface area contributed by atoms with Crippen LogP contribution in [0.25, 0.3) is 0 Å². The maximum absolute atomic E-state index is 12.9. The Morgan fingerprint density at radius 3 is 2.55 bits per heavy atom. The molecule has 0 aliphatic carbocycles. The summed E-state index contributed by atoms with van der Waals surface area (Å²) < 4.78 is 10.1. The van der Waals surface area contributed by atoms with E-state index in [1.807, 2.05) is 0 Å².